The second kappa shape index (κ2) is 5.66. The largest absolute Gasteiger partial charge is 0.397 e. The van der Waals surface area contributed by atoms with Gasteiger partial charge in [0.2, 0.25) is 0 Å². The third-order valence-electron chi connectivity index (χ3n) is 2.84. The van der Waals surface area contributed by atoms with E-state index in [4.69, 9.17) is 5.73 Å². The maximum atomic E-state index is 13.4. The summed E-state index contributed by atoms with van der Waals surface area (Å²) in [5.74, 6) is -0.751. The summed E-state index contributed by atoms with van der Waals surface area (Å²) in [6.45, 7) is 3.91. The number of nitrogen functional groups attached to an aromatic ring is 1. The Kier molecular flexibility index (Phi) is 4.13. The smallest absolute Gasteiger partial charge is 0.272 e. The van der Waals surface area contributed by atoms with Crippen LogP contribution in [0.5, 0.6) is 0 Å². The van der Waals surface area contributed by atoms with Crippen LogP contribution in [0.2, 0.25) is 0 Å². The summed E-state index contributed by atoms with van der Waals surface area (Å²) >= 11 is 3.07. The zero-order valence-corrected chi connectivity index (χ0v) is 12.7. The van der Waals surface area contributed by atoms with Gasteiger partial charge in [0.15, 0.2) is 0 Å². The van der Waals surface area contributed by atoms with Crippen molar-refractivity contribution in [3.05, 3.63) is 46.4 Å². The molecule has 0 aliphatic carbocycles. The molecule has 1 aromatic carbocycles. The molecule has 0 aliphatic heterocycles. The van der Waals surface area contributed by atoms with Gasteiger partial charge in [0.1, 0.15) is 11.5 Å². The molecule has 2 rings (SSSR count). The average molecular weight is 340 g/mol. The van der Waals surface area contributed by atoms with Crippen molar-refractivity contribution in [1.29, 1.82) is 0 Å². The minimum Gasteiger partial charge on any atom is -0.397 e. The van der Waals surface area contributed by atoms with E-state index in [2.05, 4.69) is 21.2 Å². The van der Waals surface area contributed by atoms with E-state index in [1.807, 2.05) is 13.8 Å². The highest BCUT2D eigenvalue weighted by Gasteiger charge is 2.15. The van der Waals surface area contributed by atoms with Crippen molar-refractivity contribution < 1.29 is 9.18 Å². The number of carbonyl (C=O) groups is 1. The van der Waals surface area contributed by atoms with Crippen LogP contribution in [0.25, 0.3) is 0 Å². The molecule has 0 atom stereocenters. The summed E-state index contributed by atoms with van der Waals surface area (Å²) in [7, 11) is 0. The molecule has 0 saturated heterocycles. The minimum absolute atomic E-state index is 0.106. The molecule has 0 fully saturated rings. The molecule has 2 aromatic rings. The van der Waals surface area contributed by atoms with Crippen molar-refractivity contribution in [2.75, 3.05) is 11.1 Å². The molecule has 0 aliphatic rings. The molecule has 3 N–H and O–H groups in total. The Labute approximate surface area is 124 Å². The summed E-state index contributed by atoms with van der Waals surface area (Å²) < 4.78 is 15.6. The van der Waals surface area contributed by atoms with Crippen molar-refractivity contribution in [2.24, 2.45) is 0 Å². The Hall–Kier alpha value is -1.82. The van der Waals surface area contributed by atoms with Crippen LogP contribution in [0.3, 0.4) is 0 Å². The highest BCUT2D eigenvalue weighted by atomic mass is 79.9. The zero-order chi connectivity index (χ0) is 14.9. The Morgan fingerprint density at radius 1 is 1.40 bits per heavy atom. The number of anilines is 2. The average Bonchev–Trinajstić information content (AvgIpc) is 2.76. The molecule has 0 radical (unpaired) electrons. The Morgan fingerprint density at radius 2 is 2.10 bits per heavy atom. The maximum Gasteiger partial charge on any atom is 0.272 e. The van der Waals surface area contributed by atoms with Crippen LogP contribution < -0.4 is 11.1 Å². The lowest BCUT2D eigenvalue weighted by Gasteiger charge is -2.12. The minimum atomic E-state index is -0.429. The number of nitrogens with zero attached hydrogens (tertiary/aromatic N) is 1. The predicted molar refractivity (Wildman–Crippen MR) is 81.3 cm³/mol. The van der Waals surface area contributed by atoms with Crippen LogP contribution in [0, 0.1) is 5.82 Å². The van der Waals surface area contributed by atoms with Gasteiger partial charge in [-0.1, -0.05) is 0 Å². The molecular formula is C14H15BrFN3O. The second-order valence-corrected chi connectivity index (χ2v) is 5.60. The van der Waals surface area contributed by atoms with Crippen LogP contribution in [0.15, 0.2) is 34.9 Å². The molecule has 0 unspecified atom stereocenters. The number of rotatable bonds is 3. The normalized spacial score (nSPS) is 10.8. The number of nitrogens with one attached hydrogen (secondary N) is 1. The van der Waals surface area contributed by atoms with E-state index in [0.29, 0.717) is 21.5 Å². The van der Waals surface area contributed by atoms with Gasteiger partial charge >= 0.3 is 0 Å². The Morgan fingerprint density at radius 3 is 2.70 bits per heavy atom. The number of hydrogen-bond acceptors (Lipinski definition) is 2. The third-order valence-corrected chi connectivity index (χ3v) is 3.48. The van der Waals surface area contributed by atoms with Crippen molar-refractivity contribution >= 4 is 33.2 Å². The van der Waals surface area contributed by atoms with Crippen molar-refractivity contribution in [1.82, 2.24) is 4.57 Å². The van der Waals surface area contributed by atoms with E-state index < -0.39 is 5.82 Å². The van der Waals surface area contributed by atoms with Gasteiger partial charge in [-0.2, -0.15) is 0 Å². The third kappa shape index (κ3) is 3.01. The summed E-state index contributed by atoms with van der Waals surface area (Å²) in [4.78, 5) is 12.2. The molecule has 0 bridgehead atoms. The number of hydrogen-bond donors (Lipinski definition) is 2. The highest BCUT2D eigenvalue weighted by Crippen LogP contribution is 2.21. The molecule has 0 spiro atoms. The van der Waals surface area contributed by atoms with Gasteiger partial charge in [-0.05, 0) is 54.0 Å². The fourth-order valence-corrected chi connectivity index (χ4v) is 2.13. The van der Waals surface area contributed by atoms with Crippen LogP contribution in [0.1, 0.15) is 30.4 Å². The van der Waals surface area contributed by atoms with E-state index in [1.165, 1.54) is 6.07 Å². The molecule has 1 amide bonds. The van der Waals surface area contributed by atoms with Gasteiger partial charge in [-0.15, -0.1) is 0 Å². The lowest BCUT2D eigenvalue weighted by atomic mass is 10.3. The van der Waals surface area contributed by atoms with E-state index in [0.717, 1.165) is 0 Å². The molecule has 1 heterocycles. The van der Waals surface area contributed by atoms with Gasteiger partial charge in [0.05, 0.1) is 10.2 Å². The van der Waals surface area contributed by atoms with Crippen LogP contribution >= 0.6 is 15.9 Å². The molecular weight excluding hydrogens is 325 g/mol. The molecule has 4 nitrogen and oxygen atoms in total. The van der Waals surface area contributed by atoms with E-state index in [9.17, 15) is 9.18 Å². The van der Waals surface area contributed by atoms with E-state index >= 15 is 0 Å². The predicted octanol–water partition coefficient (Wildman–Crippen LogP) is 3.81. The van der Waals surface area contributed by atoms with Gasteiger partial charge in [0, 0.05) is 17.9 Å². The molecule has 6 heteroatoms. The number of aromatic nitrogens is 1. The number of benzene rings is 1. The zero-order valence-electron chi connectivity index (χ0n) is 11.2. The fraction of sp³-hybridized carbons (Fsp3) is 0.214. The molecule has 0 saturated carbocycles. The van der Waals surface area contributed by atoms with Crippen LogP contribution in [-0.4, -0.2) is 10.5 Å². The van der Waals surface area contributed by atoms with Crippen molar-refractivity contribution in [3.63, 3.8) is 0 Å². The number of halogens is 2. The first kappa shape index (κ1) is 14.6. The Bertz CT molecular complexity index is 652. The molecule has 20 heavy (non-hydrogen) atoms. The van der Waals surface area contributed by atoms with Gasteiger partial charge in [-0.25, -0.2) is 4.39 Å². The quantitative estimate of drug-likeness (QED) is 0.893. The van der Waals surface area contributed by atoms with E-state index in [-0.39, 0.29) is 11.9 Å². The van der Waals surface area contributed by atoms with Crippen LogP contribution in [-0.2, 0) is 0 Å². The Balaban J connectivity index is 2.26. The first-order valence-electron chi connectivity index (χ1n) is 6.12. The van der Waals surface area contributed by atoms with E-state index in [1.54, 1.807) is 29.0 Å². The highest BCUT2D eigenvalue weighted by molar-refractivity contribution is 9.10. The van der Waals surface area contributed by atoms with Crippen molar-refractivity contribution in [2.45, 2.75) is 19.9 Å². The second-order valence-electron chi connectivity index (χ2n) is 4.74. The van der Waals surface area contributed by atoms with Crippen LogP contribution in [0.4, 0.5) is 15.8 Å². The number of amides is 1. The summed E-state index contributed by atoms with van der Waals surface area (Å²) in [6.07, 6.45) is 1.71. The first-order valence-corrected chi connectivity index (χ1v) is 6.91. The monoisotopic (exact) mass is 339 g/mol. The molecule has 1 aromatic heterocycles. The standard InChI is InChI=1S/C14H15BrFN3O/c1-8(2)19-7-9(17)5-13(19)14(20)18-10-3-4-11(15)12(16)6-10/h3-8H,17H2,1-2H3,(H,18,20). The number of carbonyl (C=O) groups excluding carboxylic acids is 1. The van der Waals surface area contributed by atoms with Gasteiger partial charge in [0.25, 0.3) is 5.91 Å². The van der Waals surface area contributed by atoms with Gasteiger partial charge < -0.3 is 15.6 Å². The summed E-state index contributed by atoms with van der Waals surface area (Å²) in [6, 6.07) is 6.13. The fourth-order valence-electron chi connectivity index (χ4n) is 1.88. The topological polar surface area (TPSA) is 60.0 Å². The SMILES string of the molecule is CC(C)n1cc(N)cc1C(=O)Nc1ccc(Br)c(F)c1. The van der Waals surface area contributed by atoms with Crippen molar-refractivity contribution in [3.8, 4) is 0 Å². The maximum absolute atomic E-state index is 13.4. The molecule has 106 valence electrons. The lowest BCUT2D eigenvalue weighted by Crippen LogP contribution is -2.17. The first-order chi connectivity index (χ1) is 9.38. The summed E-state index contributed by atoms with van der Waals surface area (Å²) in [5, 5.41) is 2.66. The number of nitrogens with two attached hydrogens (primary N) is 1. The lowest BCUT2D eigenvalue weighted by molar-refractivity contribution is 0.101. The van der Waals surface area contributed by atoms with Gasteiger partial charge in [-0.3, -0.25) is 4.79 Å². The summed E-state index contributed by atoms with van der Waals surface area (Å²) in [5.41, 5.74) is 7.08.